The van der Waals surface area contributed by atoms with E-state index in [9.17, 15) is 14.0 Å². The molecule has 0 spiro atoms. The van der Waals surface area contributed by atoms with Gasteiger partial charge in [0.1, 0.15) is 5.39 Å². The first-order chi connectivity index (χ1) is 16.9. The van der Waals surface area contributed by atoms with Gasteiger partial charge in [0.25, 0.3) is 11.5 Å². The zero-order valence-corrected chi connectivity index (χ0v) is 19.3. The lowest BCUT2D eigenvalue weighted by Crippen LogP contribution is -2.36. The van der Waals surface area contributed by atoms with Crippen LogP contribution in [0.25, 0.3) is 10.9 Å². The highest BCUT2D eigenvalue weighted by atomic mass is 35.5. The molecule has 0 saturated carbocycles. The minimum Gasteiger partial charge on any atom is -0.489 e. The predicted octanol–water partition coefficient (Wildman–Crippen LogP) is 3.11. The van der Waals surface area contributed by atoms with Gasteiger partial charge in [-0.2, -0.15) is 5.26 Å². The number of aromatic nitrogens is 2. The Bertz CT molecular complexity index is 1320. The van der Waals surface area contributed by atoms with E-state index in [0.717, 1.165) is 11.6 Å². The summed E-state index contributed by atoms with van der Waals surface area (Å²) in [7, 11) is 0. The molecule has 1 fully saturated rings. The summed E-state index contributed by atoms with van der Waals surface area (Å²) in [6.45, 7) is 0.841. The quantitative estimate of drug-likeness (QED) is 0.486. The molecule has 2 atom stereocenters. The first-order valence-electron chi connectivity index (χ1n) is 10.9. The summed E-state index contributed by atoms with van der Waals surface area (Å²) in [6, 6.07) is 11.5. The largest absolute Gasteiger partial charge is 0.489 e. The van der Waals surface area contributed by atoms with Crippen molar-refractivity contribution in [1.29, 1.82) is 5.26 Å². The SMILES string of the molecule is N#CCC1COC(CCOc2c(F)ccc3nc(C(=O)NCc4cccc(Cl)c4)[nH]c(=O)c23)CO1. The summed E-state index contributed by atoms with van der Waals surface area (Å²) in [4.78, 5) is 31.9. The molecule has 1 aliphatic heterocycles. The van der Waals surface area contributed by atoms with Gasteiger partial charge in [-0.15, -0.1) is 0 Å². The number of ether oxygens (including phenoxy) is 3. The van der Waals surface area contributed by atoms with Crippen LogP contribution < -0.4 is 15.6 Å². The molecule has 4 rings (SSSR count). The molecule has 11 heteroatoms. The number of nitrogens with one attached hydrogen (secondary N) is 2. The zero-order valence-electron chi connectivity index (χ0n) is 18.6. The Labute approximate surface area is 204 Å². The molecule has 0 bridgehead atoms. The van der Waals surface area contributed by atoms with Gasteiger partial charge >= 0.3 is 0 Å². The van der Waals surface area contributed by atoms with Crippen LogP contribution in [0.3, 0.4) is 0 Å². The lowest BCUT2D eigenvalue weighted by molar-refractivity contribution is -0.134. The number of rotatable bonds is 8. The molecule has 1 aromatic heterocycles. The number of nitriles is 1. The number of H-pyrrole nitrogens is 1. The van der Waals surface area contributed by atoms with Crippen LogP contribution in [0.5, 0.6) is 5.75 Å². The second-order valence-electron chi connectivity index (χ2n) is 7.91. The molecular formula is C24H22ClFN4O5. The van der Waals surface area contributed by atoms with Crippen molar-refractivity contribution in [3.8, 4) is 11.8 Å². The molecule has 0 radical (unpaired) electrons. The van der Waals surface area contributed by atoms with E-state index in [1.807, 2.05) is 6.07 Å². The van der Waals surface area contributed by atoms with E-state index in [1.165, 1.54) is 6.07 Å². The van der Waals surface area contributed by atoms with Gasteiger partial charge in [-0.3, -0.25) is 9.59 Å². The van der Waals surface area contributed by atoms with Crippen LogP contribution in [0.4, 0.5) is 4.39 Å². The topological polar surface area (TPSA) is 126 Å². The number of aromatic amines is 1. The highest BCUT2D eigenvalue weighted by molar-refractivity contribution is 6.30. The smallest absolute Gasteiger partial charge is 0.287 e. The molecular weight excluding hydrogens is 479 g/mol. The van der Waals surface area contributed by atoms with Crippen LogP contribution in [-0.4, -0.2) is 47.9 Å². The van der Waals surface area contributed by atoms with Gasteiger partial charge in [0.15, 0.2) is 17.4 Å². The van der Waals surface area contributed by atoms with Crippen molar-refractivity contribution in [2.45, 2.75) is 31.6 Å². The number of nitrogens with zero attached hydrogens (tertiary/aromatic N) is 2. The molecule has 1 aliphatic rings. The molecule has 1 amide bonds. The summed E-state index contributed by atoms with van der Waals surface area (Å²) in [5.41, 5.74) is 0.198. The second-order valence-corrected chi connectivity index (χ2v) is 8.34. The Morgan fingerprint density at radius 3 is 2.83 bits per heavy atom. The molecule has 2 heterocycles. The Balaban J connectivity index is 1.43. The van der Waals surface area contributed by atoms with Crippen molar-refractivity contribution in [2.24, 2.45) is 0 Å². The minimum atomic E-state index is -0.724. The van der Waals surface area contributed by atoms with E-state index in [1.54, 1.807) is 24.3 Å². The van der Waals surface area contributed by atoms with E-state index in [2.05, 4.69) is 15.3 Å². The molecule has 35 heavy (non-hydrogen) atoms. The Kier molecular flexibility index (Phi) is 7.92. The van der Waals surface area contributed by atoms with Crippen LogP contribution >= 0.6 is 11.6 Å². The van der Waals surface area contributed by atoms with Gasteiger partial charge in [0.05, 0.1) is 50.0 Å². The normalized spacial score (nSPS) is 17.6. The van der Waals surface area contributed by atoms with Crippen LogP contribution in [0.15, 0.2) is 41.2 Å². The molecule has 2 aromatic carbocycles. The van der Waals surface area contributed by atoms with Crippen LogP contribution in [0.2, 0.25) is 5.02 Å². The van der Waals surface area contributed by atoms with E-state index in [-0.39, 0.29) is 54.3 Å². The average Bonchev–Trinajstić information content (AvgIpc) is 2.85. The zero-order chi connectivity index (χ0) is 24.8. The fraction of sp³-hybridized carbons (Fsp3) is 0.333. The van der Waals surface area contributed by atoms with Crippen molar-refractivity contribution >= 4 is 28.4 Å². The summed E-state index contributed by atoms with van der Waals surface area (Å²) in [6.07, 6.45) is 0.119. The highest BCUT2D eigenvalue weighted by Gasteiger charge is 2.23. The number of fused-ring (bicyclic) bond motifs is 1. The lowest BCUT2D eigenvalue weighted by Gasteiger charge is -2.28. The predicted molar refractivity (Wildman–Crippen MR) is 125 cm³/mol. The van der Waals surface area contributed by atoms with Crippen LogP contribution in [-0.2, 0) is 16.0 Å². The number of amides is 1. The monoisotopic (exact) mass is 500 g/mol. The number of carbonyl (C=O) groups excluding carboxylic acids is 1. The van der Waals surface area contributed by atoms with Gasteiger partial charge in [-0.05, 0) is 29.8 Å². The fourth-order valence-corrected chi connectivity index (χ4v) is 3.81. The second kappa shape index (κ2) is 11.3. The van der Waals surface area contributed by atoms with Crippen molar-refractivity contribution in [3.05, 3.63) is 69.0 Å². The molecule has 9 nitrogen and oxygen atoms in total. The molecule has 2 unspecified atom stereocenters. The Morgan fingerprint density at radius 1 is 1.29 bits per heavy atom. The first kappa shape index (κ1) is 24.6. The van der Waals surface area contributed by atoms with Crippen molar-refractivity contribution in [2.75, 3.05) is 19.8 Å². The fourth-order valence-electron chi connectivity index (χ4n) is 3.60. The Hall–Kier alpha value is -3.52. The van der Waals surface area contributed by atoms with Crippen LogP contribution in [0.1, 0.15) is 29.0 Å². The number of halogens is 2. The lowest BCUT2D eigenvalue weighted by atomic mass is 10.2. The number of carbonyl (C=O) groups is 1. The maximum Gasteiger partial charge on any atom is 0.287 e. The minimum absolute atomic E-state index is 0.0638. The third-order valence-electron chi connectivity index (χ3n) is 5.38. The molecule has 2 N–H and O–H groups in total. The summed E-state index contributed by atoms with van der Waals surface area (Å²) in [5.74, 6) is -1.78. The Morgan fingerprint density at radius 2 is 2.09 bits per heavy atom. The van der Waals surface area contributed by atoms with Gasteiger partial charge < -0.3 is 24.5 Å². The maximum absolute atomic E-state index is 14.5. The van der Waals surface area contributed by atoms with E-state index >= 15 is 0 Å². The third kappa shape index (κ3) is 6.14. The van der Waals surface area contributed by atoms with E-state index < -0.39 is 17.3 Å². The van der Waals surface area contributed by atoms with Crippen molar-refractivity contribution in [1.82, 2.24) is 15.3 Å². The van der Waals surface area contributed by atoms with Crippen molar-refractivity contribution in [3.63, 3.8) is 0 Å². The highest BCUT2D eigenvalue weighted by Crippen LogP contribution is 2.26. The van der Waals surface area contributed by atoms with Gasteiger partial charge in [-0.1, -0.05) is 23.7 Å². The molecule has 1 saturated heterocycles. The third-order valence-corrected chi connectivity index (χ3v) is 5.61. The summed E-state index contributed by atoms with van der Waals surface area (Å²) < 4.78 is 31.3. The standard InChI is InChI=1S/C24H22ClFN4O5/c25-15-3-1-2-14(10-15)11-28-24(32)22-29-19-5-4-18(26)21(20(19)23(31)30-22)33-9-7-17-13-34-16(6-8-27)12-35-17/h1-5,10,16-17H,6-7,9,11-13H2,(H,28,32)(H,29,30,31). The maximum atomic E-state index is 14.5. The van der Waals surface area contributed by atoms with E-state index in [0.29, 0.717) is 24.7 Å². The van der Waals surface area contributed by atoms with Gasteiger partial charge in [-0.25, -0.2) is 9.37 Å². The van der Waals surface area contributed by atoms with Crippen LogP contribution in [0, 0.1) is 17.1 Å². The number of hydrogen-bond acceptors (Lipinski definition) is 7. The average molecular weight is 501 g/mol. The summed E-state index contributed by atoms with van der Waals surface area (Å²) in [5, 5.41) is 11.8. The molecule has 0 aliphatic carbocycles. The van der Waals surface area contributed by atoms with Gasteiger partial charge in [0, 0.05) is 18.0 Å². The number of benzene rings is 2. The van der Waals surface area contributed by atoms with Crippen molar-refractivity contribution < 1.29 is 23.4 Å². The number of hydrogen-bond donors (Lipinski definition) is 2. The van der Waals surface area contributed by atoms with Gasteiger partial charge in [0.2, 0.25) is 0 Å². The van der Waals surface area contributed by atoms with E-state index in [4.69, 9.17) is 31.1 Å². The summed E-state index contributed by atoms with van der Waals surface area (Å²) >= 11 is 5.95. The first-order valence-corrected chi connectivity index (χ1v) is 11.3. The molecule has 3 aromatic rings. The molecule has 182 valence electrons.